The number of likely N-dealkylation sites (tertiary alicyclic amines) is 2. The van der Waals surface area contributed by atoms with Gasteiger partial charge in [0.2, 0.25) is 5.91 Å². The van der Waals surface area contributed by atoms with E-state index in [0.717, 1.165) is 47.7 Å². The molecule has 3 aromatic rings. The van der Waals surface area contributed by atoms with Crippen LogP contribution in [0.3, 0.4) is 0 Å². The number of hydrogen-bond acceptors (Lipinski definition) is 4. The number of piperidine rings is 1. The molecule has 2 fully saturated rings. The topological polar surface area (TPSA) is 57.6 Å². The standard InChI is InChI=1S/C28H36N4O2S/c33-27(29-15-7-18-30-16-5-1-2-6-17-30)23-12-19-31(20-13-23)28(34)25-10-11-26(35-25)32-21-14-22-8-3-4-9-24(22)32/h3-4,8-11,14,21,23H,1-2,5-7,12-13,15-20H2,(H,29,33). The van der Waals surface area contributed by atoms with E-state index in [2.05, 4.69) is 39.2 Å². The monoisotopic (exact) mass is 492 g/mol. The highest BCUT2D eigenvalue weighted by molar-refractivity contribution is 7.16. The first-order valence-corrected chi connectivity index (χ1v) is 14.0. The second-order valence-electron chi connectivity index (χ2n) is 9.85. The lowest BCUT2D eigenvalue weighted by molar-refractivity contribution is -0.126. The molecule has 2 aliphatic heterocycles. The van der Waals surface area contributed by atoms with Crippen LogP contribution in [0.25, 0.3) is 15.9 Å². The van der Waals surface area contributed by atoms with Crippen molar-refractivity contribution in [1.82, 2.24) is 19.7 Å². The van der Waals surface area contributed by atoms with E-state index in [1.165, 1.54) is 55.5 Å². The van der Waals surface area contributed by atoms with E-state index < -0.39 is 0 Å². The van der Waals surface area contributed by atoms with Gasteiger partial charge in [0.1, 0.15) is 5.00 Å². The van der Waals surface area contributed by atoms with E-state index in [9.17, 15) is 9.59 Å². The van der Waals surface area contributed by atoms with Gasteiger partial charge in [0.25, 0.3) is 5.91 Å². The number of para-hydroxylation sites is 1. The van der Waals surface area contributed by atoms with Gasteiger partial charge in [0.05, 0.1) is 10.4 Å². The second-order valence-corrected chi connectivity index (χ2v) is 10.9. The number of amides is 2. The predicted molar refractivity (Wildman–Crippen MR) is 142 cm³/mol. The van der Waals surface area contributed by atoms with Crippen LogP contribution in [0.2, 0.25) is 0 Å². The van der Waals surface area contributed by atoms with Crippen LogP contribution in [0.5, 0.6) is 0 Å². The Labute approximate surface area is 211 Å². The van der Waals surface area contributed by atoms with E-state index in [1.54, 1.807) is 0 Å². The quantitative estimate of drug-likeness (QED) is 0.476. The van der Waals surface area contributed by atoms with Gasteiger partial charge in [-0.1, -0.05) is 31.0 Å². The maximum Gasteiger partial charge on any atom is 0.263 e. The zero-order valence-corrected chi connectivity index (χ0v) is 21.3. The summed E-state index contributed by atoms with van der Waals surface area (Å²) in [6, 6.07) is 14.3. The molecule has 1 aromatic carbocycles. The molecular weight excluding hydrogens is 456 g/mol. The first kappa shape index (κ1) is 24.1. The largest absolute Gasteiger partial charge is 0.356 e. The number of nitrogens with zero attached hydrogens (tertiary/aromatic N) is 3. The second kappa shape index (κ2) is 11.4. The van der Waals surface area contributed by atoms with E-state index in [1.807, 2.05) is 29.2 Å². The number of aromatic nitrogens is 1. The summed E-state index contributed by atoms with van der Waals surface area (Å²) in [5.41, 5.74) is 1.15. The average Bonchev–Trinajstić information content (AvgIpc) is 3.47. The first-order chi connectivity index (χ1) is 17.2. The molecule has 0 spiro atoms. The third-order valence-corrected chi connectivity index (χ3v) is 8.51. The highest BCUT2D eigenvalue weighted by Gasteiger charge is 2.28. The summed E-state index contributed by atoms with van der Waals surface area (Å²) in [7, 11) is 0. The van der Waals surface area contributed by atoms with Gasteiger partial charge < -0.3 is 19.7 Å². The molecule has 1 N–H and O–H groups in total. The Kier molecular flexibility index (Phi) is 7.84. The van der Waals surface area contributed by atoms with E-state index in [4.69, 9.17) is 0 Å². The molecule has 2 aliphatic rings. The molecule has 2 saturated heterocycles. The summed E-state index contributed by atoms with van der Waals surface area (Å²) in [6.07, 6.45) is 9.87. The highest BCUT2D eigenvalue weighted by Crippen LogP contribution is 2.28. The van der Waals surface area contributed by atoms with Crippen molar-refractivity contribution in [1.29, 1.82) is 0 Å². The number of rotatable bonds is 7. The Morgan fingerprint density at radius 2 is 1.69 bits per heavy atom. The van der Waals surface area contributed by atoms with Gasteiger partial charge >= 0.3 is 0 Å². The van der Waals surface area contributed by atoms with Gasteiger partial charge in [0, 0.05) is 31.7 Å². The highest BCUT2D eigenvalue weighted by atomic mass is 32.1. The summed E-state index contributed by atoms with van der Waals surface area (Å²) in [5.74, 6) is 0.252. The number of carbonyl (C=O) groups excluding carboxylic acids is 2. The van der Waals surface area contributed by atoms with Crippen LogP contribution in [-0.4, -0.2) is 65.4 Å². The summed E-state index contributed by atoms with van der Waals surface area (Å²) in [5, 5.41) is 5.38. The fraction of sp³-hybridized carbons (Fsp3) is 0.500. The molecule has 0 radical (unpaired) electrons. The van der Waals surface area contributed by atoms with Crippen molar-refractivity contribution in [3.63, 3.8) is 0 Å². The van der Waals surface area contributed by atoms with Crippen LogP contribution < -0.4 is 5.32 Å². The van der Waals surface area contributed by atoms with E-state index in [-0.39, 0.29) is 17.7 Å². The summed E-state index contributed by atoms with van der Waals surface area (Å²) >= 11 is 1.53. The zero-order chi connectivity index (χ0) is 24.0. The lowest BCUT2D eigenvalue weighted by Crippen LogP contribution is -2.43. The zero-order valence-electron chi connectivity index (χ0n) is 20.5. The van der Waals surface area contributed by atoms with Gasteiger partial charge in [-0.2, -0.15) is 0 Å². The third-order valence-electron chi connectivity index (χ3n) is 7.44. The molecule has 5 rings (SSSR count). The number of hydrogen-bond donors (Lipinski definition) is 1. The predicted octanol–water partition coefficient (Wildman–Crippen LogP) is 4.93. The van der Waals surface area contributed by atoms with Crippen LogP contribution >= 0.6 is 11.3 Å². The van der Waals surface area contributed by atoms with Crippen molar-refractivity contribution in [2.24, 2.45) is 5.92 Å². The number of nitrogens with one attached hydrogen (secondary N) is 1. The van der Waals surface area contributed by atoms with Crippen molar-refractivity contribution >= 4 is 34.1 Å². The van der Waals surface area contributed by atoms with Crippen molar-refractivity contribution < 1.29 is 9.59 Å². The van der Waals surface area contributed by atoms with Gasteiger partial charge in [-0.05, 0) is 81.4 Å². The van der Waals surface area contributed by atoms with Crippen LogP contribution in [0.4, 0.5) is 0 Å². The first-order valence-electron chi connectivity index (χ1n) is 13.1. The molecule has 0 saturated carbocycles. The molecule has 35 heavy (non-hydrogen) atoms. The van der Waals surface area contributed by atoms with Gasteiger partial charge in [0.15, 0.2) is 0 Å². The Hall–Kier alpha value is -2.64. The van der Waals surface area contributed by atoms with Crippen molar-refractivity contribution in [2.75, 3.05) is 39.3 Å². The lowest BCUT2D eigenvalue weighted by atomic mass is 9.95. The van der Waals surface area contributed by atoms with Gasteiger partial charge in [-0.25, -0.2) is 0 Å². The Bertz CT molecular complexity index is 1140. The molecule has 186 valence electrons. The molecule has 0 atom stereocenters. The SMILES string of the molecule is O=C(NCCCN1CCCCCC1)C1CCN(C(=O)c2ccc(-n3ccc4ccccc43)s2)CC1. The van der Waals surface area contributed by atoms with Crippen molar-refractivity contribution in [3.8, 4) is 5.00 Å². The maximum absolute atomic E-state index is 13.1. The number of thiophene rings is 1. The molecule has 7 heteroatoms. The normalized spacial score (nSPS) is 18.0. The van der Waals surface area contributed by atoms with Gasteiger partial charge in [-0.15, -0.1) is 11.3 Å². The van der Waals surface area contributed by atoms with E-state index in [0.29, 0.717) is 13.1 Å². The van der Waals surface area contributed by atoms with Crippen LogP contribution in [0.1, 0.15) is 54.6 Å². The van der Waals surface area contributed by atoms with Crippen LogP contribution in [0.15, 0.2) is 48.7 Å². The molecule has 2 amide bonds. The van der Waals surface area contributed by atoms with Crippen LogP contribution in [-0.2, 0) is 4.79 Å². The summed E-state index contributed by atoms with van der Waals surface area (Å²) in [6.45, 7) is 5.52. The van der Waals surface area contributed by atoms with Crippen molar-refractivity contribution in [2.45, 2.75) is 44.9 Å². The molecule has 2 aromatic heterocycles. The van der Waals surface area contributed by atoms with Crippen molar-refractivity contribution in [3.05, 3.63) is 53.5 Å². The lowest BCUT2D eigenvalue weighted by Gasteiger charge is -2.31. The minimum absolute atomic E-state index is 0.0161. The maximum atomic E-state index is 13.1. The van der Waals surface area contributed by atoms with Gasteiger partial charge in [-0.3, -0.25) is 9.59 Å². The number of carbonyl (C=O) groups is 2. The Morgan fingerprint density at radius 1 is 0.914 bits per heavy atom. The summed E-state index contributed by atoms with van der Waals surface area (Å²) in [4.78, 5) is 31.0. The minimum Gasteiger partial charge on any atom is -0.356 e. The summed E-state index contributed by atoms with van der Waals surface area (Å²) < 4.78 is 2.14. The van der Waals surface area contributed by atoms with E-state index >= 15 is 0 Å². The fourth-order valence-electron chi connectivity index (χ4n) is 5.37. The molecule has 6 nitrogen and oxygen atoms in total. The molecule has 4 heterocycles. The molecule has 0 bridgehead atoms. The fourth-order valence-corrected chi connectivity index (χ4v) is 6.34. The Balaban J connectivity index is 1.08. The molecule has 0 unspecified atom stereocenters. The molecular formula is C28H36N4O2S. The minimum atomic E-state index is 0.0161. The Morgan fingerprint density at radius 3 is 2.49 bits per heavy atom. The molecule has 0 aliphatic carbocycles. The number of benzene rings is 1. The average molecular weight is 493 g/mol. The number of fused-ring (bicyclic) bond motifs is 1. The smallest absolute Gasteiger partial charge is 0.263 e. The third kappa shape index (κ3) is 5.78. The van der Waals surface area contributed by atoms with Crippen LogP contribution in [0, 0.1) is 5.92 Å².